The van der Waals surface area contributed by atoms with Gasteiger partial charge in [-0.1, -0.05) is 25.1 Å². The number of anilines is 1. The Morgan fingerprint density at radius 1 is 1.14 bits per heavy atom. The van der Waals surface area contributed by atoms with Gasteiger partial charge in [-0.15, -0.1) is 0 Å². The summed E-state index contributed by atoms with van der Waals surface area (Å²) in [7, 11) is 0. The number of hydrogen-bond donors (Lipinski definition) is 4. The molecule has 190 valence electrons. The van der Waals surface area contributed by atoms with Crippen molar-refractivity contribution in [3.8, 4) is 0 Å². The maximum absolute atomic E-state index is 13.4. The second kappa shape index (κ2) is 11.8. The minimum absolute atomic E-state index is 0.131. The number of hydrogen-bond acceptors (Lipinski definition) is 7. The van der Waals surface area contributed by atoms with Gasteiger partial charge < -0.3 is 22.1 Å². The van der Waals surface area contributed by atoms with Gasteiger partial charge in [0.05, 0.1) is 5.69 Å². The van der Waals surface area contributed by atoms with Crippen molar-refractivity contribution in [2.24, 2.45) is 10.7 Å². The van der Waals surface area contributed by atoms with Gasteiger partial charge in [-0.2, -0.15) is 0 Å². The zero-order valence-electron chi connectivity index (χ0n) is 20.6. The highest BCUT2D eigenvalue weighted by Gasteiger charge is 2.23. The first kappa shape index (κ1) is 25.4. The largest absolute Gasteiger partial charge is 0.399 e. The molecule has 0 unspecified atom stereocenters. The van der Waals surface area contributed by atoms with Gasteiger partial charge in [-0.05, 0) is 68.3 Å². The van der Waals surface area contributed by atoms with Crippen molar-refractivity contribution >= 4 is 35.1 Å². The van der Waals surface area contributed by atoms with Crippen molar-refractivity contribution in [2.75, 3.05) is 25.4 Å². The standard InChI is InChI=1S/C27H34N6O3/c1-2-13-33(36-17-18-3-7-22(28)8-4-18)27(35)21-14-19-5-6-20(15-24(19)32-25(29)16-21)26(34)31-23-9-11-30-12-10-23/h3-8,14-15,23,30H,2,9-13,16-17,28H2,1H3,(H2,29,32)(H,31,34). The molecule has 6 N–H and O–H groups in total. The van der Waals surface area contributed by atoms with Crippen LogP contribution in [0.5, 0.6) is 0 Å². The van der Waals surface area contributed by atoms with E-state index in [-0.39, 0.29) is 30.9 Å². The summed E-state index contributed by atoms with van der Waals surface area (Å²) in [6, 6.07) is 12.8. The monoisotopic (exact) mass is 490 g/mol. The second-order valence-corrected chi connectivity index (χ2v) is 9.14. The molecule has 9 heteroatoms. The quantitative estimate of drug-likeness (QED) is 0.332. The molecule has 2 aromatic carbocycles. The van der Waals surface area contributed by atoms with Crippen LogP contribution in [0.1, 0.15) is 54.1 Å². The average molecular weight is 491 g/mol. The Morgan fingerprint density at radius 3 is 2.61 bits per heavy atom. The molecule has 0 atom stereocenters. The van der Waals surface area contributed by atoms with Crippen LogP contribution in [0, 0.1) is 0 Å². The Kier molecular flexibility index (Phi) is 8.35. The first-order chi connectivity index (χ1) is 17.4. The lowest BCUT2D eigenvalue weighted by Gasteiger charge is -2.23. The molecule has 2 heterocycles. The van der Waals surface area contributed by atoms with Crippen LogP contribution in [0.4, 0.5) is 11.4 Å². The number of aliphatic imine (C=N–C) groups is 1. The smallest absolute Gasteiger partial charge is 0.273 e. The van der Waals surface area contributed by atoms with E-state index < -0.39 is 0 Å². The number of amides is 2. The van der Waals surface area contributed by atoms with Gasteiger partial charge in [0, 0.05) is 41.4 Å². The summed E-state index contributed by atoms with van der Waals surface area (Å²) in [5, 5.41) is 7.77. The van der Waals surface area contributed by atoms with Crippen molar-refractivity contribution in [1.82, 2.24) is 15.7 Å². The molecule has 0 aromatic heterocycles. The number of benzene rings is 2. The summed E-state index contributed by atoms with van der Waals surface area (Å²) in [4.78, 5) is 36.6. The van der Waals surface area contributed by atoms with E-state index in [2.05, 4.69) is 15.6 Å². The molecule has 0 saturated carbocycles. The van der Waals surface area contributed by atoms with Crippen molar-refractivity contribution in [1.29, 1.82) is 0 Å². The summed E-state index contributed by atoms with van der Waals surface area (Å²) in [5.41, 5.74) is 15.8. The molecule has 4 rings (SSSR count). The summed E-state index contributed by atoms with van der Waals surface area (Å²) in [6.45, 7) is 4.46. The fourth-order valence-corrected chi connectivity index (χ4v) is 4.26. The van der Waals surface area contributed by atoms with E-state index in [1.807, 2.05) is 19.1 Å². The molecule has 9 nitrogen and oxygen atoms in total. The Labute approximate surface area is 211 Å². The lowest BCUT2D eigenvalue weighted by atomic mass is 10.0. The number of piperidine rings is 1. The maximum Gasteiger partial charge on any atom is 0.273 e. The molecule has 2 aliphatic rings. The molecule has 36 heavy (non-hydrogen) atoms. The lowest BCUT2D eigenvalue weighted by Crippen LogP contribution is -2.42. The SMILES string of the molecule is CCCN(OCc1ccc(N)cc1)C(=O)C1=Cc2ccc(C(=O)NC3CCNCC3)cc2N=C(N)C1. The third kappa shape index (κ3) is 6.50. The van der Waals surface area contributed by atoms with Crippen LogP contribution in [-0.2, 0) is 16.2 Å². The molecule has 0 radical (unpaired) electrons. The number of nitrogens with two attached hydrogens (primary N) is 2. The molecule has 2 aromatic rings. The van der Waals surface area contributed by atoms with Crippen molar-refractivity contribution in [3.63, 3.8) is 0 Å². The van der Waals surface area contributed by atoms with Crippen LogP contribution in [0.25, 0.3) is 6.08 Å². The second-order valence-electron chi connectivity index (χ2n) is 9.14. The fraction of sp³-hybridized carbons (Fsp3) is 0.370. The first-order valence-corrected chi connectivity index (χ1v) is 12.4. The summed E-state index contributed by atoms with van der Waals surface area (Å²) >= 11 is 0. The fourth-order valence-electron chi connectivity index (χ4n) is 4.26. The van der Waals surface area contributed by atoms with E-state index in [0.29, 0.717) is 34.9 Å². The van der Waals surface area contributed by atoms with E-state index in [9.17, 15) is 9.59 Å². The van der Waals surface area contributed by atoms with Gasteiger partial charge in [0.25, 0.3) is 11.8 Å². The summed E-state index contributed by atoms with van der Waals surface area (Å²) in [6.07, 6.45) is 4.52. The predicted molar refractivity (Wildman–Crippen MR) is 141 cm³/mol. The number of nitrogens with one attached hydrogen (secondary N) is 2. The average Bonchev–Trinajstić information content (AvgIpc) is 3.05. The summed E-state index contributed by atoms with van der Waals surface area (Å²) in [5.74, 6) is -0.0848. The maximum atomic E-state index is 13.4. The molecule has 0 spiro atoms. The number of nitrogens with zero attached hydrogens (tertiary/aromatic N) is 2. The Morgan fingerprint density at radius 2 is 1.89 bits per heavy atom. The van der Waals surface area contributed by atoms with E-state index in [0.717, 1.165) is 43.5 Å². The van der Waals surface area contributed by atoms with Gasteiger partial charge in [-0.25, -0.2) is 10.1 Å². The number of fused-ring (bicyclic) bond motifs is 1. The third-order valence-corrected chi connectivity index (χ3v) is 6.23. The number of nitrogen functional groups attached to an aromatic ring is 1. The summed E-state index contributed by atoms with van der Waals surface area (Å²) < 4.78 is 0. The minimum atomic E-state index is -0.258. The van der Waals surface area contributed by atoms with Crippen molar-refractivity contribution in [3.05, 3.63) is 64.7 Å². The van der Waals surface area contributed by atoms with E-state index in [1.54, 1.807) is 36.4 Å². The molecular weight excluding hydrogens is 456 g/mol. The number of carbonyl (C=O) groups is 2. The van der Waals surface area contributed by atoms with Gasteiger partial charge >= 0.3 is 0 Å². The molecule has 0 bridgehead atoms. The molecule has 1 saturated heterocycles. The Bertz CT molecular complexity index is 1150. The van der Waals surface area contributed by atoms with Gasteiger partial charge in [-0.3, -0.25) is 14.4 Å². The highest BCUT2D eigenvalue weighted by atomic mass is 16.7. The Hall–Kier alpha value is -3.69. The molecule has 2 aliphatic heterocycles. The van der Waals surface area contributed by atoms with E-state index in [4.69, 9.17) is 16.3 Å². The molecule has 2 amide bonds. The van der Waals surface area contributed by atoms with Crippen LogP contribution < -0.4 is 22.1 Å². The Balaban J connectivity index is 1.50. The van der Waals surface area contributed by atoms with Gasteiger partial charge in [0.1, 0.15) is 12.4 Å². The number of rotatable bonds is 8. The highest BCUT2D eigenvalue weighted by Crippen LogP contribution is 2.28. The molecular formula is C27H34N6O3. The van der Waals surface area contributed by atoms with Crippen LogP contribution in [0.3, 0.4) is 0 Å². The number of amidine groups is 1. The van der Waals surface area contributed by atoms with E-state index >= 15 is 0 Å². The van der Waals surface area contributed by atoms with Crippen molar-refractivity contribution in [2.45, 2.75) is 45.3 Å². The minimum Gasteiger partial charge on any atom is -0.399 e. The highest BCUT2D eigenvalue weighted by molar-refractivity contribution is 6.05. The first-order valence-electron chi connectivity index (χ1n) is 12.4. The molecule has 0 aliphatic carbocycles. The molecule has 1 fully saturated rings. The van der Waals surface area contributed by atoms with Crippen LogP contribution in [-0.4, -0.2) is 48.4 Å². The topological polar surface area (TPSA) is 135 Å². The van der Waals surface area contributed by atoms with Gasteiger partial charge in [0.2, 0.25) is 0 Å². The zero-order chi connectivity index (χ0) is 25.5. The van der Waals surface area contributed by atoms with Crippen LogP contribution >= 0.6 is 0 Å². The lowest BCUT2D eigenvalue weighted by molar-refractivity contribution is -0.187. The van der Waals surface area contributed by atoms with Crippen LogP contribution in [0.2, 0.25) is 0 Å². The third-order valence-electron chi connectivity index (χ3n) is 6.23. The van der Waals surface area contributed by atoms with E-state index in [1.165, 1.54) is 5.06 Å². The number of carbonyl (C=O) groups excluding carboxylic acids is 2. The van der Waals surface area contributed by atoms with Crippen molar-refractivity contribution < 1.29 is 14.4 Å². The van der Waals surface area contributed by atoms with Crippen LogP contribution in [0.15, 0.2) is 53.0 Å². The predicted octanol–water partition coefficient (Wildman–Crippen LogP) is 2.90. The van der Waals surface area contributed by atoms with Gasteiger partial charge in [0.15, 0.2) is 0 Å². The normalized spacial score (nSPS) is 15.8. The number of hydroxylamine groups is 2. The zero-order valence-corrected chi connectivity index (χ0v) is 20.6.